The molecule has 1 heterocycles. The molecule has 3 nitrogen and oxygen atoms in total. The molecule has 3 rings (SSSR count). The maximum absolute atomic E-state index is 12.1. The Kier molecular flexibility index (Phi) is 3.71. The van der Waals surface area contributed by atoms with Crippen LogP contribution in [-0.2, 0) is 4.79 Å². The van der Waals surface area contributed by atoms with Crippen molar-refractivity contribution in [3.8, 4) is 0 Å². The molecule has 2 aromatic rings. The lowest BCUT2D eigenvalue weighted by Gasteiger charge is -2.08. The Morgan fingerprint density at radius 2 is 2.05 bits per heavy atom. The van der Waals surface area contributed by atoms with Crippen LogP contribution < -0.4 is 10.6 Å². The fourth-order valence-corrected chi connectivity index (χ4v) is 2.48. The maximum atomic E-state index is 12.1. The molecule has 1 unspecified atom stereocenters. The minimum absolute atomic E-state index is 0.178. The van der Waals surface area contributed by atoms with Crippen LogP contribution in [0.3, 0.4) is 0 Å². The summed E-state index contributed by atoms with van der Waals surface area (Å²) in [5.41, 5.74) is 1.79. The third-order valence-electron chi connectivity index (χ3n) is 3.35. The summed E-state index contributed by atoms with van der Waals surface area (Å²) in [6.45, 7) is 1.95. The zero-order valence-corrected chi connectivity index (χ0v) is 12.4. The summed E-state index contributed by atoms with van der Waals surface area (Å²) in [4.78, 5) is 21.5. The Labute approximate surface area is 128 Å². The first-order valence-electron chi connectivity index (χ1n) is 6.67. The van der Waals surface area contributed by atoms with Crippen molar-refractivity contribution >= 4 is 36.5 Å². The van der Waals surface area contributed by atoms with Crippen molar-refractivity contribution in [2.45, 2.75) is 11.8 Å². The summed E-state index contributed by atoms with van der Waals surface area (Å²) in [6, 6.07) is 13.4. The van der Waals surface area contributed by atoms with Crippen molar-refractivity contribution in [1.82, 2.24) is 0 Å². The first kappa shape index (κ1) is 13.8. The smallest absolute Gasteiger partial charge is 0.258 e. The van der Waals surface area contributed by atoms with Gasteiger partial charge in [0, 0.05) is 11.1 Å². The predicted octanol–water partition coefficient (Wildman–Crippen LogP) is 2.24. The van der Waals surface area contributed by atoms with Gasteiger partial charge in [0.15, 0.2) is 0 Å². The van der Waals surface area contributed by atoms with Gasteiger partial charge >= 0.3 is 0 Å². The van der Waals surface area contributed by atoms with Crippen LogP contribution in [-0.4, -0.2) is 12.1 Å². The lowest BCUT2D eigenvalue weighted by atomic mass is 10.0. The molecule has 2 aromatic carbocycles. The number of aryl methyl sites for hydroxylation is 1. The van der Waals surface area contributed by atoms with Gasteiger partial charge in [-0.25, -0.2) is 4.99 Å². The summed E-state index contributed by atoms with van der Waals surface area (Å²) in [6.07, 6.45) is 3.55. The van der Waals surface area contributed by atoms with E-state index in [0.29, 0.717) is 0 Å². The SMILES string of the molecule is Cc1cccc2c1=NC(=O)C(C=Nc1cccc(S)c1)C=2. The van der Waals surface area contributed by atoms with Crippen LogP contribution in [0.15, 0.2) is 57.3 Å². The van der Waals surface area contributed by atoms with Gasteiger partial charge in [-0.05, 0) is 35.9 Å². The number of carbonyl (C=O) groups is 1. The van der Waals surface area contributed by atoms with E-state index < -0.39 is 5.92 Å². The highest BCUT2D eigenvalue weighted by Gasteiger charge is 2.16. The fourth-order valence-electron chi connectivity index (χ4n) is 2.26. The normalized spacial score (nSPS) is 17.2. The molecule has 1 amide bonds. The molecule has 0 N–H and O–H groups in total. The van der Waals surface area contributed by atoms with E-state index in [9.17, 15) is 4.79 Å². The number of thiol groups is 1. The Morgan fingerprint density at radius 1 is 1.24 bits per heavy atom. The quantitative estimate of drug-likeness (QED) is 0.670. The highest BCUT2D eigenvalue weighted by atomic mass is 32.1. The molecule has 21 heavy (non-hydrogen) atoms. The number of aliphatic imine (C=N–C) groups is 1. The van der Waals surface area contributed by atoms with Crippen LogP contribution in [0, 0.1) is 12.8 Å². The molecule has 1 aliphatic rings. The van der Waals surface area contributed by atoms with Crippen LogP contribution in [0.4, 0.5) is 5.69 Å². The monoisotopic (exact) mass is 294 g/mol. The molecule has 4 heteroatoms. The van der Waals surface area contributed by atoms with Crippen LogP contribution in [0.5, 0.6) is 0 Å². The second-order valence-corrected chi connectivity index (χ2v) is 5.47. The summed E-state index contributed by atoms with van der Waals surface area (Å²) in [5, 5.41) is 1.75. The van der Waals surface area contributed by atoms with Crippen LogP contribution in [0.25, 0.3) is 6.08 Å². The Balaban J connectivity index is 1.96. The van der Waals surface area contributed by atoms with Gasteiger partial charge in [-0.1, -0.05) is 30.3 Å². The van der Waals surface area contributed by atoms with Gasteiger partial charge in [-0.2, -0.15) is 0 Å². The minimum Gasteiger partial charge on any atom is -0.271 e. The molecule has 0 aromatic heterocycles. The van der Waals surface area contributed by atoms with E-state index in [-0.39, 0.29) is 5.91 Å². The zero-order chi connectivity index (χ0) is 14.8. The van der Waals surface area contributed by atoms with Crippen LogP contribution in [0.2, 0.25) is 0 Å². The number of rotatable bonds is 2. The van der Waals surface area contributed by atoms with E-state index >= 15 is 0 Å². The molecule has 1 aliphatic heterocycles. The van der Waals surface area contributed by atoms with E-state index in [1.165, 1.54) is 0 Å². The van der Waals surface area contributed by atoms with Gasteiger partial charge in [0.25, 0.3) is 5.91 Å². The lowest BCUT2D eigenvalue weighted by molar-refractivity contribution is -0.118. The fraction of sp³-hybridized carbons (Fsp3) is 0.118. The third-order valence-corrected chi connectivity index (χ3v) is 3.63. The Hall–Kier alpha value is -2.20. The molecule has 1 atom stereocenters. The van der Waals surface area contributed by atoms with Gasteiger partial charge in [0.1, 0.15) is 0 Å². The summed E-state index contributed by atoms with van der Waals surface area (Å²) >= 11 is 4.27. The standard InChI is InChI=1S/C17H14N2OS/c1-11-4-2-5-12-8-13(17(20)19-16(11)12)10-18-14-6-3-7-15(21)9-14/h2-10,13,21H,1H3. The summed E-state index contributed by atoms with van der Waals surface area (Å²) in [7, 11) is 0. The number of hydrogen-bond acceptors (Lipinski definition) is 3. The summed E-state index contributed by atoms with van der Waals surface area (Å²) in [5.74, 6) is -0.592. The number of para-hydroxylation sites is 1. The number of benzene rings is 2. The number of carbonyl (C=O) groups excluding carboxylic acids is 1. The van der Waals surface area contributed by atoms with Gasteiger partial charge in [0.05, 0.1) is 17.0 Å². The molecule has 0 fully saturated rings. The average Bonchev–Trinajstić information content (AvgIpc) is 2.46. The number of amides is 1. The van der Waals surface area contributed by atoms with Crippen molar-refractivity contribution in [3.63, 3.8) is 0 Å². The van der Waals surface area contributed by atoms with Gasteiger partial charge in [-0.15, -0.1) is 12.6 Å². The maximum Gasteiger partial charge on any atom is 0.258 e. The molecule has 0 bridgehead atoms. The third kappa shape index (κ3) is 2.95. The van der Waals surface area contributed by atoms with E-state index in [2.05, 4.69) is 22.6 Å². The van der Waals surface area contributed by atoms with E-state index in [1.807, 2.05) is 55.5 Å². The molecule has 0 saturated carbocycles. The van der Waals surface area contributed by atoms with Crippen molar-refractivity contribution in [3.05, 3.63) is 58.6 Å². The van der Waals surface area contributed by atoms with Crippen molar-refractivity contribution < 1.29 is 4.79 Å². The lowest BCUT2D eigenvalue weighted by Crippen LogP contribution is -2.35. The molecule has 0 spiro atoms. The molecule has 104 valence electrons. The van der Waals surface area contributed by atoms with Gasteiger partial charge in [-0.3, -0.25) is 9.79 Å². The van der Waals surface area contributed by atoms with E-state index in [4.69, 9.17) is 0 Å². The van der Waals surface area contributed by atoms with Crippen molar-refractivity contribution in [1.29, 1.82) is 0 Å². The second kappa shape index (κ2) is 5.66. The highest BCUT2D eigenvalue weighted by Crippen LogP contribution is 2.16. The van der Waals surface area contributed by atoms with Crippen molar-refractivity contribution in [2.75, 3.05) is 0 Å². The number of hydrogen-bond donors (Lipinski definition) is 1. The second-order valence-electron chi connectivity index (χ2n) is 4.95. The molecular weight excluding hydrogens is 280 g/mol. The Bertz CT molecular complexity index is 855. The molecule has 0 radical (unpaired) electrons. The number of fused-ring (bicyclic) bond motifs is 1. The van der Waals surface area contributed by atoms with E-state index in [0.717, 1.165) is 26.7 Å². The van der Waals surface area contributed by atoms with Crippen LogP contribution >= 0.6 is 12.6 Å². The number of nitrogens with zero attached hydrogens (tertiary/aromatic N) is 2. The highest BCUT2D eigenvalue weighted by molar-refractivity contribution is 7.80. The first-order valence-corrected chi connectivity index (χ1v) is 7.11. The minimum atomic E-state index is -0.414. The predicted molar refractivity (Wildman–Crippen MR) is 86.8 cm³/mol. The molecule has 0 aliphatic carbocycles. The zero-order valence-electron chi connectivity index (χ0n) is 11.5. The molecular formula is C17H14N2OS. The largest absolute Gasteiger partial charge is 0.271 e. The van der Waals surface area contributed by atoms with Crippen molar-refractivity contribution in [2.24, 2.45) is 15.9 Å². The van der Waals surface area contributed by atoms with Gasteiger partial charge in [0.2, 0.25) is 0 Å². The Morgan fingerprint density at radius 3 is 2.86 bits per heavy atom. The van der Waals surface area contributed by atoms with Gasteiger partial charge < -0.3 is 0 Å². The van der Waals surface area contributed by atoms with E-state index in [1.54, 1.807) is 6.21 Å². The topological polar surface area (TPSA) is 41.8 Å². The first-order chi connectivity index (χ1) is 10.1. The average molecular weight is 294 g/mol. The molecule has 0 saturated heterocycles. The summed E-state index contributed by atoms with van der Waals surface area (Å²) < 4.78 is 0. The van der Waals surface area contributed by atoms with Crippen LogP contribution in [0.1, 0.15) is 5.56 Å².